The van der Waals surface area contributed by atoms with E-state index >= 15 is 0 Å². The molecular weight excluding hydrogens is 176 g/mol. The van der Waals surface area contributed by atoms with E-state index in [1.807, 2.05) is 7.11 Å². The molecule has 0 amide bonds. The second-order valence-electron chi connectivity index (χ2n) is 6.01. The Hall–Kier alpha value is -0.0800. The largest absolute Gasteiger partial charge is 0.396 e. The molecule has 0 spiro atoms. The Labute approximate surface area is 85.6 Å². The van der Waals surface area contributed by atoms with E-state index in [2.05, 4.69) is 0 Å². The fourth-order valence-electron chi connectivity index (χ4n) is 4.79. The second kappa shape index (κ2) is 2.73. The summed E-state index contributed by atoms with van der Waals surface area (Å²) in [5.74, 6) is 1.67. The Morgan fingerprint density at radius 3 is 2.36 bits per heavy atom. The molecule has 80 valence electrons. The van der Waals surface area contributed by atoms with E-state index in [0.717, 1.165) is 18.3 Å². The van der Waals surface area contributed by atoms with E-state index in [9.17, 15) is 5.11 Å². The highest BCUT2D eigenvalue weighted by atomic mass is 16.5. The van der Waals surface area contributed by atoms with Crippen molar-refractivity contribution in [1.29, 1.82) is 0 Å². The van der Waals surface area contributed by atoms with Gasteiger partial charge in [-0.05, 0) is 55.8 Å². The van der Waals surface area contributed by atoms with Gasteiger partial charge >= 0.3 is 0 Å². The molecule has 4 aliphatic rings. The van der Waals surface area contributed by atoms with E-state index < -0.39 is 0 Å². The van der Waals surface area contributed by atoms with Crippen LogP contribution in [-0.4, -0.2) is 24.4 Å². The van der Waals surface area contributed by atoms with E-state index in [-0.39, 0.29) is 11.0 Å². The lowest BCUT2D eigenvalue weighted by molar-refractivity contribution is -0.189. The predicted molar refractivity (Wildman–Crippen MR) is 53.9 cm³/mol. The van der Waals surface area contributed by atoms with Crippen molar-refractivity contribution in [2.75, 3.05) is 13.7 Å². The van der Waals surface area contributed by atoms with Gasteiger partial charge < -0.3 is 9.84 Å². The van der Waals surface area contributed by atoms with Crippen LogP contribution in [0.2, 0.25) is 0 Å². The fourth-order valence-corrected chi connectivity index (χ4v) is 4.79. The third kappa shape index (κ3) is 1.10. The van der Waals surface area contributed by atoms with Crippen molar-refractivity contribution in [3.8, 4) is 0 Å². The van der Waals surface area contributed by atoms with Crippen LogP contribution in [0, 0.1) is 17.3 Å². The van der Waals surface area contributed by atoms with E-state index in [4.69, 9.17) is 4.74 Å². The molecule has 0 radical (unpaired) electrons. The number of methoxy groups -OCH3 is 1. The molecule has 0 aromatic carbocycles. The molecule has 0 aromatic heterocycles. The lowest BCUT2D eigenvalue weighted by Crippen LogP contribution is -2.57. The lowest BCUT2D eigenvalue weighted by atomic mass is 9.48. The zero-order valence-corrected chi connectivity index (χ0v) is 8.96. The lowest BCUT2D eigenvalue weighted by Gasteiger charge is -2.61. The summed E-state index contributed by atoms with van der Waals surface area (Å²) >= 11 is 0. The van der Waals surface area contributed by atoms with Gasteiger partial charge in [-0.15, -0.1) is 0 Å². The van der Waals surface area contributed by atoms with Gasteiger partial charge in [0, 0.05) is 13.7 Å². The van der Waals surface area contributed by atoms with Gasteiger partial charge in [-0.3, -0.25) is 0 Å². The Morgan fingerprint density at radius 1 is 1.21 bits per heavy atom. The van der Waals surface area contributed by atoms with Gasteiger partial charge in [-0.25, -0.2) is 0 Å². The monoisotopic (exact) mass is 196 g/mol. The third-order valence-corrected chi connectivity index (χ3v) is 4.90. The number of rotatable bonds is 2. The summed E-state index contributed by atoms with van der Waals surface area (Å²) in [7, 11) is 1.86. The highest BCUT2D eigenvalue weighted by Crippen LogP contribution is 2.62. The van der Waals surface area contributed by atoms with Crippen LogP contribution in [0.1, 0.15) is 38.5 Å². The van der Waals surface area contributed by atoms with Crippen LogP contribution in [-0.2, 0) is 4.74 Å². The Morgan fingerprint density at radius 2 is 1.86 bits per heavy atom. The van der Waals surface area contributed by atoms with Gasteiger partial charge in [-0.2, -0.15) is 0 Å². The van der Waals surface area contributed by atoms with Crippen molar-refractivity contribution in [3.05, 3.63) is 0 Å². The SMILES string of the molecule is COC12CC3CC(CC(CO)(C3)C1)C2. The Bertz CT molecular complexity index is 213. The molecule has 1 N–H and O–H groups in total. The summed E-state index contributed by atoms with van der Waals surface area (Å²) in [4.78, 5) is 0. The molecule has 14 heavy (non-hydrogen) atoms. The number of hydrogen-bond donors (Lipinski definition) is 1. The third-order valence-electron chi connectivity index (χ3n) is 4.90. The summed E-state index contributed by atoms with van der Waals surface area (Å²) in [5.41, 5.74) is 0.382. The normalized spacial score (nSPS) is 55.3. The number of aliphatic hydroxyl groups is 1. The topological polar surface area (TPSA) is 29.5 Å². The van der Waals surface area contributed by atoms with Gasteiger partial charge in [0.25, 0.3) is 0 Å². The highest BCUT2D eigenvalue weighted by Gasteiger charge is 2.57. The van der Waals surface area contributed by atoms with Crippen molar-refractivity contribution >= 4 is 0 Å². The molecule has 0 saturated heterocycles. The number of ether oxygens (including phenoxy) is 1. The highest BCUT2D eigenvalue weighted by molar-refractivity contribution is 5.08. The smallest absolute Gasteiger partial charge is 0.0690 e. The molecular formula is C12H20O2. The van der Waals surface area contributed by atoms with Gasteiger partial charge in [0.05, 0.1) is 5.60 Å². The quantitative estimate of drug-likeness (QED) is 0.731. The van der Waals surface area contributed by atoms with Crippen molar-refractivity contribution in [1.82, 2.24) is 0 Å². The summed E-state index contributed by atoms with van der Waals surface area (Å²) in [5, 5.41) is 9.59. The van der Waals surface area contributed by atoms with Gasteiger partial charge in [0.2, 0.25) is 0 Å². The fraction of sp³-hybridized carbons (Fsp3) is 1.00. The van der Waals surface area contributed by atoms with E-state index in [1.54, 1.807) is 0 Å². The maximum Gasteiger partial charge on any atom is 0.0690 e. The van der Waals surface area contributed by atoms with Crippen molar-refractivity contribution in [2.24, 2.45) is 17.3 Å². The molecule has 2 nitrogen and oxygen atoms in total. The molecule has 2 heteroatoms. The van der Waals surface area contributed by atoms with Crippen LogP contribution in [0.15, 0.2) is 0 Å². The molecule has 4 bridgehead atoms. The summed E-state index contributed by atoms with van der Waals surface area (Å²) < 4.78 is 5.77. The first-order valence-electron chi connectivity index (χ1n) is 5.85. The molecule has 4 rings (SSSR count). The number of aliphatic hydroxyl groups excluding tert-OH is 1. The average Bonchev–Trinajstić information content (AvgIpc) is 2.16. The van der Waals surface area contributed by atoms with Gasteiger partial charge in [0.15, 0.2) is 0 Å². The molecule has 0 aromatic rings. The molecule has 2 unspecified atom stereocenters. The number of hydrogen-bond acceptors (Lipinski definition) is 2. The minimum absolute atomic E-state index is 0.146. The first-order valence-corrected chi connectivity index (χ1v) is 5.85. The van der Waals surface area contributed by atoms with E-state index in [0.29, 0.717) is 6.61 Å². The molecule has 0 heterocycles. The molecule has 2 atom stereocenters. The van der Waals surface area contributed by atoms with Gasteiger partial charge in [0.1, 0.15) is 0 Å². The first-order chi connectivity index (χ1) is 6.69. The maximum absolute atomic E-state index is 9.59. The van der Waals surface area contributed by atoms with Crippen LogP contribution in [0.5, 0.6) is 0 Å². The summed E-state index contributed by atoms with van der Waals surface area (Å²) in [6.07, 6.45) is 7.52. The van der Waals surface area contributed by atoms with Crippen molar-refractivity contribution < 1.29 is 9.84 Å². The second-order valence-corrected chi connectivity index (χ2v) is 6.01. The van der Waals surface area contributed by atoms with Crippen LogP contribution < -0.4 is 0 Å². The Kier molecular flexibility index (Phi) is 1.79. The predicted octanol–water partition coefficient (Wildman–Crippen LogP) is 1.96. The average molecular weight is 196 g/mol. The van der Waals surface area contributed by atoms with Crippen LogP contribution in [0.25, 0.3) is 0 Å². The standard InChI is InChI=1S/C12H20O2/c1-14-12-5-9-2-10(6-12)4-11(3-9,7-12)8-13/h9-10,13H,2-8H2,1H3. The minimum Gasteiger partial charge on any atom is -0.396 e. The van der Waals surface area contributed by atoms with Crippen molar-refractivity contribution in [3.63, 3.8) is 0 Å². The van der Waals surface area contributed by atoms with E-state index in [1.165, 1.54) is 32.1 Å². The van der Waals surface area contributed by atoms with Crippen LogP contribution in [0.4, 0.5) is 0 Å². The van der Waals surface area contributed by atoms with Gasteiger partial charge in [-0.1, -0.05) is 0 Å². The minimum atomic E-state index is 0.146. The van der Waals surface area contributed by atoms with Crippen LogP contribution >= 0.6 is 0 Å². The van der Waals surface area contributed by atoms with Crippen molar-refractivity contribution in [2.45, 2.75) is 44.1 Å². The first kappa shape index (κ1) is 9.17. The molecule has 4 aliphatic carbocycles. The zero-order valence-electron chi connectivity index (χ0n) is 8.96. The summed E-state index contributed by atoms with van der Waals surface area (Å²) in [6.45, 7) is 0.380. The maximum atomic E-state index is 9.59. The molecule has 0 aliphatic heterocycles. The Balaban J connectivity index is 1.94. The summed E-state index contributed by atoms with van der Waals surface area (Å²) in [6, 6.07) is 0. The molecule has 4 saturated carbocycles. The molecule has 4 fully saturated rings. The zero-order chi connectivity index (χ0) is 9.81. The van der Waals surface area contributed by atoms with Crippen LogP contribution in [0.3, 0.4) is 0 Å².